The molecular weight excluding hydrogens is 513 g/mol. The number of rotatable bonds is 8. The Morgan fingerprint density at radius 1 is 0.974 bits per heavy atom. The molecule has 2 atom stereocenters. The minimum absolute atomic E-state index is 0.0616. The highest BCUT2D eigenvalue weighted by atomic mass is 35.5. The van der Waals surface area contributed by atoms with Crippen molar-refractivity contribution in [2.24, 2.45) is 0 Å². The van der Waals surface area contributed by atoms with Gasteiger partial charge in [-0.3, -0.25) is 9.20 Å². The summed E-state index contributed by atoms with van der Waals surface area (Å²) in [5.41, 5.74) is 4.82. The Hall–Kier alpha value is -2.82. The molecule has 0 aliphatic heterocycles. The minimum Gasteiger partial charge on any atom is -0.350 e. The lowest BCUT2D eigenvalue weighted by atomic mass is 9.69. The summed E-state index contributed by atoms with van der Waals surface area (Å²) in [5, 5.41) is 4.76. The maximum absolute atomic E-state index is 13.6. The molecule has 2 unspecified atom stereocenters. The summed E-state index contributed by atoms with van der Waals surface area (Å²) in [6.45, 7) is 5.02. The zero-order valence-electron chi connectivity index (χ0n) is 22.1. The summed E-state index contributed by atoms with van der Waals surface area (Å²) in [6.07, 6.45) is 8.73. The van der Waals surface area contributed by atoms with E-state index < -0.39 is 0 Å². The van der Waals surface area contributed by atoms with Crippen LogP contribution in [0.3, 0.4) is 0 Å². The third kappa shape index (κ3) is 5.48. The van der Waals surface area contributed by atoms with Crippen LogP contribution < -0.4 is 5.32 Å². The third-order valence-electron chi connectivity index (χ3n) is 8.41. The van der Waals surface area contributed by atoms with E-state index in [1.165, 1.54) is 30.4 Å². The summed E-state index contributed by atoms with van der Waals surface area (Å²) in [7, 11) is 0. The van der Waals surface area contributed by atoms with Gasteiger partial charge in [0.1, 0.15) is 11.3 Å². The summed E-state index contributed by atoms with van der Waals surface area (Å²) in [5.74, 6) is 0.420. The van der Waals surface area contributed by atoms with Gasteiger partial charge >= 0.3 is 0 Å². The van der Waals surface area contributed by atoms with Gasteiger partial charge in [0.05, 0.1) is 5.69 Å². The lowest BCUT2D eigenvalue weighted by molar-refractivity contribution is 0.0930. The molecule has 198 valence electrons. The van der Waals surface area contributed by atoms with E-state index in [-0.39, 0.29) is 17.2 Å². The van der Waals surface area contributed by atoms with E-state index in [9.17, 15) is 4.79 Å². The van der Waals surface area contributed by atoms with Crippen LogP contribution in [0, 0.1) is 0 Å². The van der Waals surface area contributed by atoms with Crippen LogP contribution in [0.4, 0.5) is 0 Å². The number of aromatic nitrogens is 2. The Balaban J connectivity index is 1.38. The predicted molar refractivity (Wildman–Crippen MR) is 157 cm³/mol. The molecule has 1 aliphatic carbocycles. The maximum Gasteiger partial charge on any atom is 0.268 e. The summed E-state index contributed by atoms with van der Waals surface area (Å²) in [6, 6.07) is 22.0. The molecule has 0 radical (unpaired) electrons. The average molecular weight is 549 g/mol. The monoisotopic (exact) mass is 547 g/mol. The van der Waals surface area contributed by atoms with Crippen LogP contribution in [0.5, 0.6) is 0 Å². The van der Waals surface area contributed by atoms with Crippen molar-refractivity contribution in [2.45, 2.75) is 69.6 Å². The van der Waals surface area contributed by atoms with Crippen molar-refractivity contribution in [1.29, 1.82) is 0 Å². The molecule has 1 aliphatic rings. The second-order valence-corrected chi connectivity index (χ2v) is 11.6. The molecule has 0 saturated heterocycles. The number of fused-ring (bicyclic) bond motifs is 1. The van der Waals surface area contributed by atoms with Crippen molar-refractivity contribution in [2.75, 3.05) is 6.54 Å². The number of carbonyl (C=O) groups is 1. The predicted octanol–water partition coefficient (Wildman–Crippen LogP) is 8.57. The Labute approximate surface area is 235 Å². The van der Waals surface area contributed by atoms with E-state index in [2.05, 4.69) is 43.4 Å². The number of amides is 1. The highest BCUT2D eigenvalue weighted by molar-refractivity contribution is 6.30. The highest BCUT2D eigenvalue weighted by Crippen LogP contribution is 2.40. The molecule has 1 amide bonds. The zero-order valence-corrected chi connectivity index (χ0v) is 23.6. The number of halogens is 2. The number of benzene rings is 2. The van der Waals surface area contributed by atoms with Crippen molar-refractivity contribution in [3.63, 3.8) is 0 Å². The molecule has 38 heavy (non-hydrogen) atoms. The minimum atomic E-state index is -0.0733. The Bertz CT molecular complexity index is 1390. The third-order valence-corrected chi connectivity index (χ3v) is 8.91. The SMILES string of the molecule is CCC(c1ccc(Cl)cc1)C(C)c1cn2c(C(=O)NCC3(c4ccc(Cl)cc4)CCCCC3)cccc2n1. The largest absolute Gasteiger partial charge is 0.350 e. The number of nitrogens with one attached hydrogen (secondary N) is 1. The van der Waals surface area contributed by atoms with Crippen molar-refractivity contribution in [3.05, 3.63) is 105 Å². The van der Waals surface area contributed by atoms with Gasteiger partial charge in [0.15, 0.2) is 0 Å². The molecule has 0 bridgehead atoms. The molecule has 2 aromatic heterocycles. The van der Waals surface area contributed by atoms with Gasteiger partial charge < -0.3 is 5.32 Å². The average Bonchev–Trinajstić information content (AvgIpc) is 3.39. The standard InChI is InChI=1S/C32H35Cl2N3O/c1-3-27(23-10-14-25(33)15-11-23)22(2)28-20-37-29(8-7-9-30(37)36-28)31(38)35-21-32(18-5-4-6-19-32)24-12-16-26(34)17-13-24/h7-17,20,22,27H,3-6,18-19,21H2,1-2H3,(H,35,38). The normalized spacial score (nSPS) is 16.7. The molecule has 1 fully saturated rings. The van der Waals surface area contributed by atoms with E-state index in [4.69, 9.17) is 28.2 Å². The number of hydrogen-bond donors (Lipinski definition) is 1. The summed E-state index contributed by atoms with van der Waals surface area (Å²) in [4.78, 5) is 18.5. The van der Waals surface area contributed by atoms with Crippen LogP contribution in [0.15, 0.2) is 72.9 Å². The van der Waals surface area contributed by atoms with Gasteiger partial charge in [0.2, 0.25) is 0 Å². The summed E-state index contributed by atoms with van der Waals surface area (Å²) >= 11 is 12.3. The summed E-state index contributed by atoms with van der Waals surface area (Å²) < 4.78 is 1.94. The number of hydrogen-bond acceptors (Lipinski definition) is 2. The van der Waals surface area contributed by atoms with Crippen LogP contribution in [0.25, 0.3) is 5.65 Å². The fraction of sp³-hybridized carbons (Fsp3) is 0.375. The van der Waals surface area contributed by atoms with Gasteiger partial charge in [0, 0.05) is 34.1 Å². The van der Waals surface area contributed by atoms with Crippen LogP contribution in [-0.4, -0.2) is 21.8 Å². The Morgan fingerprint density at radius 2 is 1.63 bits per heavy atom. The van der Waals surface area contributed by atoms with Crippen LogP contribution in [0.2, 0.25) is 10.0 Å². The van der Waals surface area contributed by atoms with E-state index in [0.717, 1.165) is 40.6 Å². The second-order valence-electron chi connectivity index (χ2n) is 10.7. The molecule has 6 heteroatoms. The lowest BCUT2D eigenvalue weighted by Crippen LogP contribution is -2.42. The molecule has 1 saturated carbocycles. The topological polar surface area (TPSA) is 46.4 Å². The van der Waals surface area contributed by atoms with Crippen LogP contribution in [-0.2, 0) is 5.41 Å². The molecule has 5 rings (SSSR count). The smallest absolute Gasteiger partial charge is 0.268 e. The molecule has 4 aromatic rings. The molecule has 4 nitrogen and oxygen atoms in total. The second kappa shape index (κ2) is 11.5. The van der Waals surface area contributed by atoms with E-state index in [1.807, 2.05) is 53.1 Å². The first-order chi connectivity index (χ1) is 18.4. The van der Waals surface area contributed by atoms with E-state index >= 15 is 0 Å². The number of nitrogens with zero attached hydrogens (tertiary/aromatic N) is 2. The van der Waals surface area contributed by atoms with Gasteiger partial charge in [-0.25, -0.2) is 4.98 Å². The first-order valence-electron chi connectivity index (χ1n) is 13.7. The van der Waals surface area contributed by atoms with Gasteiger partial charge in [-0.2, -0.15) is 0 Å². The Kier molecular flexibility index (Phi) is 8.11. The molecule has 1 N–H and O–H groups in total. The first-order valence-corrected chi connectivity index (χ1v) is 14.4. The van der Waals surface area contributed by atoms with E-state index in [0.29, 0.717) is 18.2 Å². The lowest BCUT2D eigenvalue weighted by Gasteiger charge is -2.38. The number of carbonyl (C=O) groups excluding carboxylic acids is 1. The van der Waals surface area contributed by atoms with Gasteiger partial charge in [-0.15, -0.1) is 0 Å². The van der Waals surface area contributed by atoms with E-state index in [1.54, 1.807) is 0 Å². The highest BCUT2D eigenvalue weighted by Gasteiger charge is 2.34. The maximum atomic E-state index is 13.6. The van der Waals surface area contributed by atoms with Crippen molar-refractivity contribution in [3.8, 4) is 0 Å². The van der Waals surface area contributed by atoms with Gasteiger partial charge in [-0.1, -0.05) is 86.6 Å². The van der Waals surface area contributed by atoms with Crippen molar-refractivity contribution in [1.82, 2.24) is 14.7 Å². The molecule has 2 aromatic carbocycles. The van der Waals surface area contributed by atoms with Gasteiger partial charge in [-0.05, 0) is 72.7 Å². The van der Waals surface area contributed by atoms with Crippen LogP contribution >= 0.6 is 23.2 Å². The fourth-order valence-corrected chi connectivity index (χ4v) is 6.42. The van der Waals surface area contributed by atoms with Crippen LogP contribution in [0.1, 0.15) is 91.5 Å². The van der Waals surface area contributed by atoms with Gasteiger partial charge in [0.25, 0.3) is 5.91 Å². The molecule has 2 heterocycles. The zero-order chi connectivity index (χ0) is 26.7. The number of pyridine rings is 1. The van der Waals surface area contributed by atoms with Crippen molar-refractivity contribution < 1.29 is 4.79 Å². The van der Waals surface area contributed by atoms with Crippen molar-refractivity contribution >= 4 is 34.8 Å². The molecular formula is C32H35Cl2N3O. The number of imidazole rings is 1. The molecule has 0 spiro atoms. The quantitative estimate of drug-likeness (QED) is 0.240. The first kappa shape index (κ1) is 26.8. The Morgan fingerprint density at radius 3 is 2.29 bits per heavy atom. The fourth-order valence-electron chi connectivity index (χ4n) is 6.17.